The van der Waals surface area contributed by atoms with Crippen LogP contribution in [0.4, 0.5) is 4.79 Å². The van der Waals surface area contributed by atoms with Crippen LogP contribution in [0.15, 0.2) is 40.8 Å². The molecule has 1 atom stereocenters. The molecule has 1 heterocycles. The van der Waals surface area contributed by atoms with Crippen LogP contribution in [0.25, 0.3) is 11.3 Å². The predicted octanol–water partition coefficient (Wildman–Crippen LogP) is 3.66. The molecule has 1 aromatic carbocycles. The van der Waals surface area contributed by atoms with Gasteiger partial charge in [-0.25, -0.2) is 9.59 Å². The second-order valence-electron chi connectivity index (χ2n) is 10.1. The molecular weight excluding hydrogens is 522 g/mol. The molecule has 0 aliphatic carbocycles. The van der Waals surface area contributed by atoms with E-state index in [2.05, 4.69) is 16.0 Å². The SMILES string of the molecule is CC(C)(C)OC(=O)NCCNCCCCCCOc1ccc(-c2ccc(C(=O)N[C@@H](CC(=O)O)C(=O)O)o2)cc1. The van der Waals surface area contributed by atoms with Crippen molar-refractivity contribution in [3.8, 4) is 17.1 Å². The molecule has 12 heteroatoms. The Morgan fingerprint density at radius 1 is 0.900 bits per heavy atom. The molecule has 0 spiro atoms. The van der Waals surface area contributed by atoms with Gasteiger partial charge in [-0.1, -0.05) is 12.8 Å². The molecule has 220 valence electrons. The lowest BCUT2D eigenvalue weighted by Gasteiger charge is -2.19. The number of unbranched alkanes of at least 4 members (excludes halogenated alkanes) is 3. The lowest BCUT2D eigenvalue weighted by molar-refractivity contribution is -0.145. The van der Waals surface area contributed by atoms with E-state index < -0.39 is 42.0 Å². The molecule has 0 aliphatic rings. The largest absolute Gasteiger partial charge is 0.494 e. The van der Waals surface area contributed by atoms with E-state index in [-0.39, 0.29) is 5.76 Å². The van der Waals surface area contributed by atoms with Crippen molar-refractivity contribution in [3.63, 3.8) is 0 Å². The van der Waals surface area contributed by atoms with E-state index in [1.165, 1.54) is 6.07 Å². The van der Waals surface area contributed by atoms with Crippen molar-refractivity contribution in [2.45, 2.75) is 64.5 Å². The molecule has 0 aliphatic heterocycles. The summed E-state index contributed by atoms with van der Waals surface area (Å²) in [4.78, 5) is 45.8. The van der Waals surface area contributed by atoms with Crippen molar-refractivity contribution in [3.05, 3.63) is 42.2 Å². The third-order valence-electron chi connectivity index (χ3n) is 5.44. The standard InChI is InChI=1S/C28H39N3O9/c1-28(2,3)40-27(37)30-16-15-29-14-6-4-5-7-17-38-20-10-8-19(9-11-20)22-12-13-23(39-22)25(34)31-21(26(35)36)18-24(32)33/h8-13,21,29H,4-7,14-18H2,1-3H3,(H,30,37)(H,31,34)(H,32,33)(H,35,36)/t21-/m0/s1. The third kappa shape index (κ3) is 12.7. The van der Waals surface area contributed by atoms with E-state index in [0.29, 0.717) is 36.8 Å². The first-order chi connectivity index (χ1) is 18.9. The fraction of sp³-hybridized carbons (Fsp3) is 0.500. The Morgan fingerprint density at radius 3 is 2.25 bits per heavy atom. The molecule has 5 N–H and O–H groups in total. The number of rotatable bonds is 17. The van der Waals surface area contributed by atoms with Gasteiger partial charge in [-0.05, 0) is 76.6 Å². The van der Waals surface area contributed by atoms with Gasteiger partial charge in [-0.2, -0.15) is 0 Å². The van der Waals surface area contributed by atoms with Gasteiger partial charge >= 0.3 is 18.0 Å². The highest BCUT2D eigenvalue weighted by molar-refractivity contribution is 5.95. The second-order valence-corrected chi connectivity index (χ2v) is 10.1. The average molecular weight is 562 g/mol. The van der Waals surface area contributed by atoms with Gasteiger partial charge in [0.25, 0.3) is 5.91 Å². The number of carboxylic acids is 2. The van der Waals surface area contributed by atoms with Crippen LogP contribution in [0.3, 0.4) is 0 Å². The zero-order chi connectivity index (χ0) is 29.5. The van der Waals surface area contributed by atoms with E-state index in [9.17, 15) is 19.2 Å². The Morgan fingerprint density at radius 2 is 1.60 bits per heavy atom. The van der Waals surface area contributed by atoms with E-state index in [0.717, 1.165) is 32.2 Å². The number of carbonyl (C=O) groups is 4. The van der Waals surface area contributed by atoms with Gasteiger partial charge in [-0.15, -0.1) is 0 Å². The average Bonchev–Trinajstić information content (AvgIpc) is 3.36. The summed E-state index contributed by atoms with van der Waals surface area (Å²) >= 11 is 0. The minimum absolute atomic E-state index is 0.125. The monoisotopic (exact) mass is 561 g/mol. The second kappa shape index (κ2) is 16.1. The molecule has 40 heavy (non-hydrogen) atoms. The number of ether oxygens (including phenoxy) is 2. The van der Waals surface area contributed by atoms with Gasteiger partial charge in [0, 0.05) is 18.7 Å². The molecule has 0 radical (unpaired) electrons. The zero-order valence-electron chi connectivity index (χ0n) is 23.2. The highest BCUT2D eigenvalue weighted by Crippen LogP contribution is 2.25. The Balaban J connectivity index is 1.61. The number of hydrogen-bond donors (Lipinski definition) is 5. The highest BCUT2D eigenvalue weighted by atomic mass is 16.6. The van der Waals surface area contributed by atoms with Crippen LogP contribution < -0.4 is 20.7 Å². The zero-order valence-corrected chi connectivity index (χ0v) is 23.2. The van der Waals surface area contributed by atoms with Crippen LogP contribution in [-0.4, -0.2) is 72.0 Å². The van der Waals surface area contributed by atoms with Crippen molar-refractivity contribution in [2.24, 2.45) is 0 Å². The van der Waals surface area contributed by atoms with Crippen LogP contribution in [0, 0.1) is 0 Å². The van der Waals surface area contributed by atoms with Gasteiger partial charge in [0.05, 0.1) is 13.0 Å². The van der Waals surface area contributed by atoms with Gasteiger partial charge in [-0.3, -0.25) is 9.59 Å². The lowest BCUT2D eigenvalue weighted by atomic mass is 10.1. The topological polar surface area (TPSA) is 176 Å². The smallest absolute Gasteiger partial charge is 0.407 e. The van der Waals surface area contributed by atoms with Crippen LogP contribution in [0.2, 0.25) is 0 Å². The van der Waals surface area contributed by atoms with Crippen molar-refractivity contribution in [1.29, 1.82) is 0 Å². The van der Waals surface area contributed by atoms with Crippen molar-refractivity contribution in [2.75, 3.05) is 26.2 Å². The molecule has 12 nitrogen and oxygen atoms in total. The molecule has 2 rings (SSSR count). The fourth-order valence-electron chi connectivity index (χ4n) is 3.52. The number of amides is 2. The quantitative estimate of drug-likeness (QED) is 0.179. The summed E-state index contributed by atoms with van der Waals surface area (Å²) in [6.45, 7) is 8.13. The molecule has 1 aromatic heterocycles. The van der Waals surface area contributed by atoms with E-state index in [1.807, 2.05) is 20.8 Å². The summed E-state index contributed by atoms with van der Waals surface area (Å²) in [5.41, 5.74) is 0.196. The molecule has 0 fully saturated rings. The molecular formula is C28H39N3O9. The molecule has 0 saturated carbocycles. The van der Waals surface area contributed by atoms with Crippen molar-refractivity contribution in [1.82, 2.24) is 16.0 Å². The van der Waals surface area contributed by atoms with Gasteiger partial charge in [0.15, 0.2) is 5.76 Å². The van der Waals surface area contributed by atoms with Gasteiger partial charge in [0.1, 0.15) is 23.2 Å². The number of furan rings is 1. The van der Waals surface area contributed by atoms with E-state index >= 15 is 0 Å². The van der Waals surface area contributed by atoms with E-state index in [1.54, 1.807) is 30.3 Å². The van der Waals surface area contributed by atoms with Crippen LogP contribution in [0.1, 0.15) is 63.4 Å². The molecule has 2 amide bonds. The van der Waals surface area contributed by atoms with Gasteiger partial charge in [0.2, 0.25) is 0 Å². The molecule has 0 unspecified atom stereocenters. The van der Waals surface area contributed by atoms with Gasteiger partial charge < -0.3 is 40.1 Å². The van der Waals surface area contributed by atoms with Crippen LogP contribution in [-0.2, 0) is 14.3 Å². The summed E-state index contributed by atoms with van der Waals surface area (Å²) < 4.78 is 16.5. The normalized spacial score (nSPS) is 11.9. The maximum absolute atomic E-state index is 12.3. The molecule has 2 aromatic rings. The first kappa shape index (κ1) is 32.2. The first-order valence-corrected chi connectivity index (χ1v) is 13.2. The predicted molar refractivity (Wildman–Crippen MR) is 146 cm³/mol. The Kier molecular flexibility index (Phi) is 13.0. The van der Waals surface area contributed by atoms with E-state index in [4.69, 9.17) is 24.1 Å². The minimum Gasteiger partial charge on any atom is -0.494 e. The Labute approximate surface area is 233 Å². The fourth-order valence-corrected chi connectivity index (χ4v) is 3.52. The summed E-state index contributed by atoms with van der Waals surface area (Å²) in [6, 6.07) is 8.55. The lowest BCUT2D eigenvalue weighted by Crippen LogP contribution is -2.42. The van der Waals surface area contributed by atoms with Crippen LogP contribution >= 0.6 is 0 Å². The number of carboxylic acid groups (broad SMARTS) is 2. The summed E-state index contributed by atoms with van der Waals surface area (Å²) in [5, 5.41) is 26.0. The number of carbonyl (C=O) groups excluding carboxylic acids is 2. The summed E-state index contributed by atoms with van der Waals surface area (Å²) in [7, 11) is 0. The van der Waals surface area contributed by atoms with Crippen LogP contribution in [0.5, 0.6) is 5.75 Å². The molecule has 0 saturated heterocycles. The maximum Gasteiger partial charge on any atom is 0.407 e. The highest BCUT2D eigenvalue weighted by Gasteiger charge is 2.25. The minimum atomic E-state index is -1.56. The number of benzene rings is 1. The maximum atomic E-state index is 12.3. The third-order valence-corrected chi connectivity index (χ3v) is 5.44. The Bertz CT molecular complexity index is 1110. The molecule has 0 bridgehead atoms. The number of hydrogen-bond acceptors (Lipinski definition) is 8. The van der Waals surface area contributed by atoms with Crippen molar-refractivity contribution >= 4 is 23.9 Å². The summed E-state index contributed by atoms with van der Waals surface area (Å²) in [5.74, 6) is -2.63. The Hall–Kier alpha value is -4.06. The first-order valence-electron chi connectivity index (χ1n) is 13.2. The number of aliphatic carboxylic acids is 2. The number of nitrogens with one attached hydrogen (secondary N) is 3. The van der Waals surface area contributed by atoms with Crippen molar-refractivity contribution < 1.29 is 43.3 Å². The number of alkyl carbamates (subject to hydrolysis) is 1. The summed E-state index contributed by atoms with van der Waals surface area (Å²) in [6.07, 6.45) is 2.88.